The summed E-state index contributed by atoms with van der Waals surface area (Å²) in [6.07, 6.45) is 2.36. The average molecular weight is 329 g/mol. The molecule has 3 nitrogen and oxygen atoms in total. The van der Waals surface area contributed by atoms with E-state index >= 15 is 0 Å². The van der Waals surface area contributed by atoms with Gasteiger partial charge in [0.2, 0.25) is 5.91 Å². The normalized spacial score (nSPS) is 14.0. The van der Waals surface area contributed by atoms with Crippen molar-refractivity contribution in [3.05, 3.63) is 70.7 Å². The molecule has 1 N–H and O–H groups in total. The Kier molecular flexibility index (Phi) is 5.31. The molecule has 0 bridgehead atoms. The van der Waals surface area contributed by atoms with Gasteiger partial charge in [-0.25, -0.2) is 0 Å². The van der Waals surface area contributed by atoms with E-state index in [0.717, 1.165) is 17.1 Å². The third-order valence-electron chi connectivity index (χ3n) is 4.04. The molecule has 0 unspecified atom stereocenters. The number of nitrogens with zero attached hydrogens (tertiary/aromatic N) is 1. The van der Waals surface area contributed by atoms with E-state index in [9.17, 15) is 4.79 Å². The molecule has 2 aromatic rings. The van der Waals surface area contributed by atoms with Crippen molar-refractivity contribution in [1.82, 2.24) is 10.2 Å². The highest BCUT2D eigenvalue weighted by molar-refractivity contribution is 6.30. The second-order valence-electron chi connectivity index (χ2n) is 6.02. The van der Waals surface area contributed by atoms with Gasteiger partial charge in [-0.3, -0.25) is 9.69 Å². The van der Waals surface area contributed by atoms with Crippen molar-refractivity contribution in [2.45, 2.75) is 32.0 Å². The van der Waals surface area contributed by atoms with Crippen molar-refractivity contribution in [2.75, 3.05) is 6.54 Å². The second-order valence-corrected chi connectivity index (χ2v) is 6.46. The van der Waals surface area contributed by atoms with E-state index < -0.39 is 0 Å². The predicted molar refractivity (Wildman–Crippen MR) is 93.2 cm³/mol. The molecule has 0 radical (unpaired) electrons. The van der Waals surface area contributed by atoms with Gasteiger partial charge in [0.15, 0.2) is 0 Å². The third-order valence-corrected chi connectivity index (χ3v) is 4.29. The van der Waals surface area contributed by atoms with Crippen LogP contribution in [-0.4, -0.2) is 23.4 Å². The maximum Gasteiger partial charge on any atom is 0.234 e. The zero-order chi connectivity index (χ0) is 16.1. The summed E-state index contributed by atoms with van der Waals surface area (Å²) in [5.74, 6) is 0.0784. The molecular weight excluding hydrogens is 308 g/mol. The summed E-state index contributed by atoms with van der Waals surface area (Å²) >= 11 is 5.93. The highest BCUT2D eigenvalue weighted by Crippen LogP contribution is 2.28. The molecule has 2 aromatic carbocycles. The molecule has 0 spiro atoms. The average Bonchev–Trinajstić information content (AvgIpc) is 3.40. The highest BCUT2D eigenvalue weighted by atomic mass is 35.5. The van der Waals surface area contributed by atoms with E-state index in [1.807, 2.05) is 54.6 Å². The Morgan fingerprint density at radius 3 is 2.39 bits per heavy atom. The summed E-state index contributed by atoms with van der Waals surface area (Å²) in [6.45, 7) is 1.82. The number of hydrogen-bond acceptors (Lipinski definition) is 2. The summed E-state index contributed by atoms with van der Waals surface area (Å²) in [7, 11) is 0. The molecule has 23 heavy (non-hydrogen) atoms. The zero-order valence-electron chi connectivity index (χ0n) is 13.0. The number of nitrogens with one attached hydrogen (secondary N) is 1. The fourth-order valence-electron chi connectivity index (χ4n) is 2.61. The van der Waals surface area contributed by atoms with Gasteiger partial charge >= 0.3 is 0 Å². The van der Waals surface area contributed by atoms with E-state index in [-0.39, 0.29) is 5.91 Å². The quantitative estimate of drug-likeness (QED) is 0.842. The Labute approximate surface area is 142 Å². The fraction of sp³-hybridized carbons (Fsp3) is 0.316. The van der Waals surface area contributed by atoms with Crippen LogP contribution in [0.4, 0.5) is 0 Å². The van der Waals surface area contributed by atoms with E-state index in [1.165, 1.54) is 18.4 Å². The lowest BCUT2D eigenvalue weighted by molar-refractivity contribution is -0.122. The Balaban J connectivity index is 1.52. The maximum atomic E-state index is 12.2. The van der Waals surface area contributed by atoms with Gasteiger partial charge in [0, 0.05) is 24.2 Å². The lowest BCUT2D eigenvalue weighted by atomic mass is 10.2. The summed E-state index contributed by atoms with van der Waals surface area (Å²) < 4.78 is 0. The minimum absolute atomic E-state index is 0.0784. The van der Waals surface area contributed by atoms with Crippen LogP contribution in [-0.2, 0) is 17.9 Å². The van der Waals surface area contributed by atoms with Crippen molar-refractivity contribution >= 4 is 17.5 Å². The van der Waals surface area contributed by atoms with Gasteiger partial charge in [0.25, 0.3) is 0 Å². The molecule has 0 atom stereocenters. The maximum absolute atomic E-state index is 12.2. The molecule has 120 valence electrons. The van der Waals surface area contributed by atoms with E-state index in [4.69, 9.17) is 11.6 Å². The Bertz CT molecular complexity index is 638. The van der Waals surface area contributed by atoms with Crippen molar-refractivity contribution in [2.24, 2.45) is 0 Å². The molecule has 1 saturated carbocycles. The first-order valence-electron chi connectivity index (χ1n) is 8.00. The molecular formula is C19H21ClN2O. The van der Waals surface area contributed by atoms with Crippen molar-refractivity contribution in [1.29, 1.82) is 0 Å². The Hall–Kier alpha value is -1.84. The van der Waals surface area contributed by atoms with Crippen molar-refractivity contribution in [3.63, 3.8) is 0 Å². The van der Waals surface area contributed by atoms with Crippen LogP contribution in [0.25, 0.3) is 0 Å². The summed E-state index contributed by atoms with van der Waals surface area (Å²) in [4.78, 5) is 14.5. The predicted octanol–water partition coefficient (Wildman–Crippen LogP) is 3.62. The second kappa shape index (κ2) is 7.62. The van der Waals surface area contributed by atoms with Crippen LogP contribution >= 0.6 is 11.6 Å². The monoisotopic (exact) mass is 328 g/mol. The number of benzene rings is 2. The van der Waals surface area contributed by atoms with E-state index in [0.29, 0.717) is 19.1 Å². The summed E-state index contributed by atoms with van der Waals surface area (Å²) in [6, 6.07) is 18.4. The van der Waals surface area contributed by atoms with E-state index in [2.05, 4.69) is 10.2 Å². The van der Waals surface area contributed by atoms with Crippen LogP contribution in [0.5, 0.6) is 0 Å². The van der Waals surface area contributed by atoms with Gasteiger partial charge in [0.1, 0.15) is 0 Å². The Morgan fingerprint density at radius 1 is 1.04 bits per heavy atom. The van der Waals surface area contributed by atoms with Gasteiger partial charge in [-0.05, 0) is 36.1 Å². The molecule has 1 fully saturated rings. The van der Waals surface area contributed by atoms with Crippen LogP contribution < -0.4 is 5.32 Å². The Morgan fingerprint density at radius 2 is 1.74 bits per heavy atom. The topological polar surface area (TPSA) is 32.3 Å². The zero-order valence-corrected chi connectivity index (χ0v) is 13.8. The smallest absolute Gasteiger partial charge is 0.234 e. The minimum atomic E-state index is 0.0784. The van der Waals surface area contributed by atoms with Gasteiger partial charge < -0.3 is 5.32 Å². The highest BCUT2D eigenvalue weighted by Gasteiger charge is 2.30. The van der Waals surface area contributed by atoms with Gasteiger partial charge in [0.05, 0.1) is 6.54 Å². The lowest BCUT2D eigenvalue weighted by Crippen LogP contribution is -2.37. The number of rotatable bonds is 7. The van der Waals surface area contributed by atoms with Crippen molar-refractivity contribution < 1.29 is 4.79 Å². The van der Waals surface area contributed by atoms with Crippen LogP contribution in [0.3, 0.4) is 0 Å². The number of amides is 1. The molecule has 4 heteroatoms. The molecule has 1 aliphatic rings. The van der Waals surface area contributed by atoms with E-state index in [1.54, 1.807) is 0 Å². The number of hydrogen-bond donors (Lipinski definition) is 1. The first kappa shape index (κ1) is 16.0. The summed E-state index contributed by atoms with van der Waals surface area (Å²) in [5, 5.41) is 3.75. The standard InChI is InChI=1S/C19H21ClN2O/c20-17-8-6-16(7-9-17)13-22(18-10-11-18)14-19(23)21-12-15-4-2-1-3-5-15/h1-9,18H,10-14H2,(H,21,23). The number of carbonyl (C=O) groups excluding carboxylic acids is 1. The van der Waals surface area contributed by atoms with Gasteiger partial charge in [-0.15, -0.1) is 0 Å². The van der Waals surface area contributed by atoms with Crippen LogP contribution in [0.1, 0.15) is 24.0 Å². The van der Waals surface area contributed by atoms with Gasteiger partial charge in [-0.2, -0.15) is 0 Å². The molecule has 3 rings (SSSR count). The molecule has 0 aliphatic heterocycles. The molecule has 1 amide bonds. The van der Waals surface area contributed by atoms with Crippen LogP contribution in [0.15, 0.2) is 54.6 Å². The first-order valence-corrected chi connectivity index (χ1v) is 8.37. The SMILES string of the molecule is O=C(CN(Cc1ccc(Cl)cc1)C1CC1)NCc1ccccc1. The molecule has 1 aliphatic carbocycles. The van der Waals surface area contributed by atoms with Crippen LogP contribution in [0.2, 0.25) is 5.02 Å². The first-order chi connectivity index (χ1) is 11.2. The third kappa shape index (κ3) is 5.08. The largest absolute Gasteiger partial charge is 0.351 e. The molecule has 0 saturated heterocycles. The van der Waals surface area contributed by atoms with Gasteiger partial charge in [-0.1, -0.05) is 54.1 Å². The van der Waals surface area contributed by atoms with Crippen molar-refractivity contribution in [3.8, 4) is 0 Å². The minimum Gasteiger partial charge on any atom is -0.351 e. The summed E-state index contributed by atoms with van der Waals surface area (Å²) in [5.41, 5.74) is 2.31. The van der Waals surface area contributed by atoms with Crippen LogP contribution in [0, 0.1) is 0 Å². The molecule has 0 heterocycles. The molecule has 0 aromatic heterocycles. The fourth-order valence-corrected chi connectivity index (χ4v) is 2.74. The number of halogens is 1. The number of carbonyl (C=O) groups is 1. The lowest BCUT2D eigenvalue weighted by Gasteiger charge is -2.21.